The van der Waals surface area contributed by atoms with Crippen LogP contribution in [0.15, 0.2) is 127 Å². The third-order valence-corrected chi connectivity index (χ3v) is 14.7. The van der Waals surface area contributed by atoms with Crippen molar-refractivity contribution >= 4 is 45.6 Å². The molecule has 0 N–H and O–H groups in total. The fraction of sp³-hybridized carbons (Fsp3) is 0.397. The minimum absolute atomic E-state index is 0.293. The number of benzene rings is 5. The molecule has 0 aromatic heterocycles. The standard InChI is InChI=1S/C58H67N5O2/c1-59(2)44-31-32-49-52(41-44)58(65-57(49)64,42-50(45-23-7-11-27-53(45)60-33-15-3-16-34-60)46-24-8-12-28-54(46)61-35-17-4-18-36-61)43-51(47-25-9-13-29-55(47)62-37-19-5-20-38-62)48-26-10-14-30-56(48)63-39-21-6-22-40-63/h7-14,23-32,41-43H,3-6,15-22,33-40H2,1-2H3. The Balaban J connectivity index is 1.31. The van der Waals surface area contributed by atoms with Crippen LogP contribution >= 0.6 is 0 Å². The van der Waals surface area contributed by atoms with Crippen molar-refractivity contribution in [2.45, 2.75) is 82.7 Å². The fourth-order valence-corrected chi connectivity index (χ4v) is 11.3. The van der Waals surface area contributed by atoms with Crippen molar-refractivity contribution in [1.82, 2.24) is 0 Å². The lowest BCUT2D eigenvalue weighted by Crippen LogP contribution is -2.32. The van der Waals surface area contributed by atoms with Crippen molar-refractivity contribution in [3.05, 3.63) is 161 Å². The zero-order valence-electron chi connectivity index (χ0n) is 38.8. The SMILES string of the molecule is CN(C)c1ccc2c(c1)C(C=C(c1ccccc1N1CCCCC1)c1ccccc1N1CCCCC1)(C=C(c1ccccc1N1CCCCC1)c1ccccc1N1CCCCC1)OC2=O. The van der Waals surface area contributed by atoms with Gasteiger partial charge < -0.3 is 29.2 Å². The van der Waals surface area contributed by atoms with Gasteiger partial charge in [0.15, 0.2) is 5.60 Å². The lowest BCUT2D eigenvalue weighted by Gasteiger charge is -2.35. The number of para-hydroxylation sites is 4. The Labute approximate surface area is 388 Å². The predicted octanol–water partition coefficient (Wildman–Crippen LogP) is 12.3. The molecule has 0 aliphatic carbocycles. The molecule has 0 atom stereocenters. The maximum absolute atomic E-state index is 14.8. The summed E-state index contributed by atoms with van der Waals surface area (Å²) in [6, 6.07) is 42.3. The number of nitrogens with zero attached hydrogens (tertiary/aromatic N) is 5. The van der Waals surface area contributed by atoms with Gasteiger partial charge in [-0.15, -0.1) is 0 Å². The average molecular weight is 866 g/mol. The van der Waals surface area contributed by atoms with E-state index in [1.165, 1.54) is 122 Å². The van der Waals surface area contributed by atoms with E-state index < -0.39 is 5.60 Å². The first-order valence-electron chi connectivity index (χ1n) is 24.9. The first-order chi connectivity index (χ1) is 32.0. The van der Waals surface area contributed by atoms with Crippen LogP contribution in [0.5, 0.6) is 0 Å². The molecule has 0 unspecified atom stereocenters. The monoisotopic (exact) mass is 866 g/mol. The van der Waals surface area contributed by atoms with Gasteiger partial charge in [-0.2, -0.15) is 0 Å². The molecule has 5 aliphatic heterocycles. The second-order valence-corrected chi connectivity index (χ2v) is 19.2. The number of carbonyl (C=O) groups excluding carboxylic acids is 1. The Morgan fingerprint density at radius 1 is 0.462 bits per heavy atom. The second-order valence-electron chi connectivity index (χ2n) is 19.2. The van der Waals surface area contributed by atoms with Crippen molar-refractivity contribution in [3.8, 4) is 0 Å². The summed E-state index contributed by atoms with van der Waals surface area (Å²) >= 11 is 0. The molecule has 7 heteroatoms. The van der Waals surface area contributed by atoms with Crippen LogP contribution in [-0.2, 0) is 10.3 Å². The first-order valence-corrected chi connectivity index (χ1v) is 24.9. The Kier molecular flexibility index (Phi) is 12.7. The molecular formula is C58H67N5O2. The number of hydrogen-bond donors (Lipinski definition) is 0. The van der Waals surface area contributed by atoms with Crippen molar-refractivity contribution in [2.24, 2.45) is 0 Å². The van der Waals surface area contributed by atoms with Crippen LogP contribution in [-0.4, -0.2) is 72.4 Å². The lowest BCUT2D eigenvalue weighted by molar-refractivity contribution is 0.0299. The quantitative estimate of drug-likeness (QED) is 0.123. The molecule has 65 heavy (non-hydrogen) atoms. The fourth-order valence-electron chi connectivity index (χ4n) is 11.3. The van der Waals surface area contributed by atoms with Gasteiger partial charge in [0, 0.05) is 123 Å². The smallest absolute Gasteiger partial charge is 0.340 e. The van der Waals surface area contributed by atoms with Crippen LogP contribution in [0.25, 0.3) is 11.1 Å². The lowest BCUT2D eigenvalue weighted by atomic mass is 9.81. The van der Waals surface area contributed by atoms with Crippen LogP contribution in [0, 0.1) is 0 Å². The van der Waals surface area contributed by atoms with Crippen LogP contribution < -0.4 is 24.5 Å². The van der Waals surface area contributed by atoms with Crippen molar-refractivity contribution in [3.63, 3.8) is 0 Å². The van der Waals surface area contributed by atoms with Gasteiger partial charge in [0.2, 0.25) is 0 Å². The van der Waals surface area contributed by atoms with E-state index in [-0.39, 0.29) is 5.97 Å². The van der Waals surface area contributed by atoms with E-state index in [1.54, 1.807) is 0 Å². The summed E-state index contributed by atoms with van der Waals surface area (Å²) in [6.45, 7) is 8.21. The molecule has 0 amide bonds. The average Bonchev–Trinajstić information content (AvgIpc) is 3.65. The van der Waals surface area contributed by atoms with Crippen LogP contribution in [0.3, 0.4) is 0 Å². The molecule has 5 aromatic rings. The summed E-state index contributed by atoms with van der Waals surface area (Å²) in [7, 11) is 4.16. The summed E-state index contributed by atoms with van der Waals surface area (Å²) in [5.74, 6) is -0.293. The predicted molar refractivity (Wildman–Crippen MR) is 272 cm³/mol. The molecule has 7 nitrogen and oxygen atoms in total. The van der Waals surface area contributed by atoms with Crippen LogP contribution in [0.4, 0.5) is 28.4 Å². The molecule has 0 spiro atoms. The van der Waals surface area contributed by atoms with Crippen LogP contribution in [0.1, 0.15) is 115 Å². The van der Waals surface area contributed by atoms with Gasteiger partial charge in [-0.05, 0) is 143 Å². The highest BCUT2D eigenvalue weighted by Gasteiger charge is 2.45. The van der Waals surface area contributed by atoms with E-state index in [0.29, 0.717) is 5.56 Å². The van der Waals surface area contributed by atoms with Gasteiger partial charge in [-0.1, -0.05) is 72.8 Å². The molecule has 0 radical (unpaired) electrons. The number of carbonyl (C=O) groups is 1. The minimum atomic E-state index is -1.28. The highest BCUT2D eigenvalue weighted by Crippen LogP contribution is 2.50. The summed E-state index contributed by atoms with van der Waals surface area (Å²) in [6.07, 6.45) is 19.2. The summed E-state index contributed by atoms with van der Waals surface area (Å²) < 4.78 is 7.18. The highest BCUT2D eigenvalue weighted by atomic mass is 16.6. The van der Waals surface area contributed by atoms with Crippen molar-refractivity contribution in [2.75, 3.05) is 91.0 Å². The molecule has 0 saturated carbocycles. The third-order valence-electron chi connectivity index (χ3n) is 14.7. The minimum Gasteiger partial charge on any atom is -0.442 e. The summed E-state index contributed by atoms with van der Waals surface area (Å²) in [5.41, 5.74) is 13.1. The van der Waals surface area contributed by atoms with Gasteiger partial charge in [-0.3, -0.25) is 0 Å². The summed E-state index contributed by atoms with van der Waals surface area (Å²) in [5, 5.41) is 0. The third kappa shape index (κ3) is 8.79. The number of piperidine rings is 4. The normalized spacial score (nSPS) is 18.5. The molecule has 0 bridgehead atoms. The highest BCUT2D eigenvalue weighted by molar-refractivity contribution is 6.00. The Hall–Kier alpha value is -5.95. The van der Waals surface area contributed by atoms with Gasteiger partial charge in [-0.25, -0.2) is 4.79 Å². The largest absolute Gasteiger partial charge is 0.442 e. The number of ether oxygens (including phenoxy) is 1. The first kappa shape index (κ1) is 43.0. The molecule has 336 valence electrons. The Morgan fingerprint density at radius 2 is 0.785 bits per heavy atom. The summed E-state index contributed by atoms with van der Waals surface area (Å²) in [4.78, 5) is 27.3. The van der Waals surface area contributed by atoms with E-state index in [0.717, 1.165) is 74.8 Å². The number of cyclic esters (lactones) is 1. The van der Waals surface area contributed by atoms with Gasteiger partial charge in [0.1, 0.15) is 0 Å². The molecule has 5 aliphatic rings. The zero-order valence-corrected chi connectivity index (χ0v) is 38.8. The molecule has 4 fully saturated rings. The number of anilines is 5. The van der Waals surface area contributed by atoms with E-state index in [9.17, 15) is 4.79 Å². The molecule has 5 aromatic carbocycles. The van der Waals surface area contributed by atoms with E-state index >= 15 is 0 Å². The Bertz CT molecular complexity index is 2270. The number of hydrogen-bond acceptors (Lipinski definition) is 7. The molecular weight excluding hydrogens is 799 g/mol. The van der Waals surface area contributed by atoms with Crippen LogP contribution in [0.2, 0.25) is 0 Å². The van der Waals surface area contributed by atoms with Crippen molar-refractivity contribution in [1.29, 1.82) is 0 Å². The number of fused-ring (bicyclic) bond motifs is 1. The van der Waals surface area contributed by atoms with E-state index in [2.05, 4.69) is 160 Å². The van der Waals surface area contributed by atoms with Gasteiger partial charge in [0.05, 0.1) is 5.56 Å². The molecule has 4 saturated heterocycles. The molecule has 5 heterocycles. The van der Waals surface area contributed by atoms with E-state index in [1.807, 2.05) is 6.07 Å². The maximum atomic E-state index is 14.8. The number of rotatable bonds is 11. The van der Waals surface area contributed by atoms with Gasteiger partial charge >= 0.3 is 5.97 Å². The Morgan fingerprint density at radius 3 is 1.11 bits per heavy atom. The maximum Gasteiger partial charge on any atom is 0.340 e. The van der Waals surface area contributed by atoms with Crippen molar-refractivity contribution < 1.29 is 9.53 Å². The second kappa shape index (κ2) is 19.3. The topological polar surface area (TPSA) is 42.5 Å². The number of esters is 1. The zero-order chi connectivity index (χ0) is 44.2. The van der Waals surface area contributed by atoms with E-state index in [4.69, 9.17) is 4.74 Å². The van der Waals surface area contributed by atoms with Gasteiger partial charge in [0.25, 0.3) is 0 Å². The molecule has 10 rings (SSSR count).